The van der Waals surface area contributed by atoms with E-state index in [9.17, 15) is 0 Å². The van der Waals surface area contributed by atoms with Crippen molar-refractivity contribution in [1.29, 1.82) is 0 Å². The Bertz CT molecular complexity index is 3080. The average molecular weight is 691 g/mol. The van der Waals surface area contributed by atoms with Crippen LogP contribution in [0.25, 0.3) is 111 Å². The molecule has 0 atom stereocenters. The minimum Gasteiger partial charge on any atom is -0.455 e. The fraction of sp³-hybridized carbons (Fsp3) is 0. The van der Waals surface area contributed by atoms with E-state index in [0.717, 1.165) is 99.4 Å². The number of benzene rings is 8. The van der Waals surface area contributed by atoms with Crippen molar-refractivity contribution in [2.45, 2.75) is 0 Å². The molecule has 252 valence electrons. The van der Waals surface area contributed by atoms with Crippen LogP contribution in [-0.4, -0.2) is 9.97 Å². The molecule has 0 radical (unpaired) electrons. The summed E-state index contributed by atoms with van der Waals surface area (Å²) in [4.78, 5) is 10.9. The van der Waals surface area contributed by atoms with E-state index < -0.39 is 0 Å². The molecule has 0 N–H and O–H groups in total. The van der Waals surface area contributed by atoms with Crippen LogP contribution in [0, 0.1) is 0 Å². The highest BCUT2D eigenvalue weighted by atomic mass is 16.3. The van der Waals surface area contributed by atoms with Gasteiger partial charge in [-0.3, -0.25) is 0 Å². The van der Waals surface area contributed by atoms with E-state index in [1.807, 2.05) is 48.5 Å². The lowest BCUT2D eigenvalue weighted by Crippen LogP contribution is -1.99. The van der Waals surface area contributed by atoms with Gasteiger partial charge in [0.1, 0.15) is 22.3 Å². The van der Waals surface area contributed by atoms with E-state index >= 15 is 0 Å². The van der Waals surface area contributed by atoms with Crippen LogP contribution in [0.15, 0.2) is 191 Å². The van der Waals surface area contributed by atoms with Gasteiger partial charge in [0.25, 0.3) is 0 Å². The third-order valence-electron chi connectivity index (χ3n) is 10.5. The molecule has 8 aromatic carbocycles. The fourth-order valence-corrected chi connectivity index (χ4v) is 7.97. The van der Waals surface area contributed by atoms with Gasteiger partial charge in [0.05, 0.1) is 11.4 Å². The largest absolute Gasteiger partial charge is 0.455 e. The summed E-state index contributed by atoms with van der Waals surface area (Å²) in [5.41, 5.74) is 12.1. The number of furan rings is 2. The number of aromatic nitrogens is 2. The summed E-state index contributed by atoms with van der Waals surface area (Å²) in [7, 11) is 0. The number of para-hydroxylation sites is 4. The first kappa shape index (κ1) is 30.3. The normalized spacial score (nSPS) is 11.7. The van der Waals surface area contributed by atoms with Gasteiger partial charge in [-0.2, -0.15) is 0 Å². The molecular weight excluding hydrogens is 661 g/mol. The Morgan fingerprint density at radius 1 is 0.333 bits per heavy atom. The van der Waals surface area contributed by atoms with Crippen LogP contribution in [0.2, 0.25) is 0 Å². The van der Waals surface area contributed by atoms with Crippen LogP contribution < -0.4 is 0 Å². The highest BCUT2D eigenvalue weighted by Gasteiger charge is 2.22. The topological polar surface area (TPSA) is 52.1 Å². The van der Waals surface area contributed by atoms with E-state index in [-0.39, 0.29) is 0 Å². The monoisotopic (exact) mass is 690 g/mol. The second-order valence-corrected chi connectivity index (χ2v) is 13.7. The third kappa shape index (κ3) is 4.85. The van der Waals surface area contributed by atoms with Gasteiger partial charge in [0.2, 0.25) is 0 Å². The van der Waals surface area contributed by atoms with Gasteiger partial charge >= 0.3 is 0 Å². The van der Waals surface area contributed by atoms with Crippen molar-refractivity contribution in [2.24, 2.45) is 0 Å². The first-order chi connectivity index (χ1) is 26.8. The molecule has 3 aromatic heterocycles. The number of rotatable bonds is 5. The molecule has 0 saturated heterocycles. The zero-order chi connectivity index (χ0) is 35.6. The molecule has 0 amide bonds. The van der Waals surface area contributed by atoms with Crippen LogP contribution in [0.4, 0.5) is 0 Å². The van der Waals surface area contributed by atoms with E-state index in [0.29, 0.717) is 5.82 Å². The summed E-state index contributed by atoms with van der Waals surface area (Å²) < 4.78 is 13.2. The predicted molar refractivity (Wildman–Crippen MR) is 221 cm³/mol. The minimum atomic E-state index is 0.626. The van der Waals surface area contributed by atoms with Gasteiger partial charge in [0, 0.05) is 38.2 Å². The third-order valence-corrected chi connectivity index (χ3v) is 10.5. The molecule has 0 bridgehead atoms. The number of fused-ring (bicyclic) bond motifs is 7. The molecule has 0 spiro atoms. The highest BCUT2D eigenvalue weighted by Crippen LogP contribution is 2.43. The molecule has 0 aliphatic heterocycles. The quantitative estimate of drug-likeness (QED) is 0.180. The molecule has 0 aliphatic rings. The van der Waals surface area contributed by atoms with Gasteiger partial charge in [-0.15, -0.1) is 0 Å². The van der Waals surface area contributed by atoms with Crippen molar-refractivity contribution in [3.63, 3.8) is 0 Å². The Hall–Kier alpha value is -7.30. The zero-order valence-corrected chi connectivity index (χ0v) is 29.0. The number of hydrogen-bond acceptors (Lipinski definition) is 4. The maximum Gasteiger partial charge on any atom is 0.161 e. The highest BCUT2D eigenvalue weighted by molar-refractivity contribution is 6.11. The smallest absolute Gasteiger partial charge is 0.161 e. The Kier molecular flexibility index (Phi) is 6.82. The first-order valence-electron chi connectivity index (χ1n) is 18.2. The van der Waals surface area contributed by atoms with Crippen LogP contribution in [0.5, 0.6) is 0 Å². The summed E-state index contributed by atoms with van der Waals surface area (Å²) in [6.45, 7) is 0. The molecule has 54 heavy (non-hydrogen) atoms. The van der Waals surface area contributed by atoms with Gasteiger partial charge in [0.15, 0.2) is 5.82 Å². The summed E-state index contributed by atoms with van der Waals surface area (Å²) >= 11 is 0. The lowest BCUT2D eigenvalue weighted by atomic mass is 9.91. The molecule has 0 unspecified atom stereocenters. The maximum absolute atomic E-state index is 6.58. The van der Waals surface area contributed by atoms with E-state index in [4.69, 9.17) is 18.8 Å². The molecule has 0 fully saturated rings. The van der Waals surface area contributed by atoms with Crippen molar-refractivity contribution >= 4 is 54.6 Å². The minimum absolute atomic E-state index is 0.626. The van der Waals surface area contributed by atoms with Gasteiger partial charge in [-0.05, 0) is 69.4 Å². The molecule has 11 rings (SSSR count). The van der Waals surface area contributed by atoms with Crippen LogP contribution in [0.3, 0.4) is 0 Å². The second-order valence-electron chi connectivity index (χ2n) is 13.7. The molecular formula is C50H30N2O2. The summed E-state index contributed by atoms with van der Waals surface area (Å²) in [6, 6.07) is 63.1. The molecule has 4 heteroatoms. The molecule has 11 aromatic rings. The van der Waals surface area contributed by atoms with Gasteiger partial charge in [-0.25, -0.2) is 9.97 Å². The molecule has 3 heterocycles. The van der Waals surface area contributed by atoms with Crippen molar-refractivity contribution in [1.82, 2.24) is 9.97 Å². The summed E-state index contributed by atoms with van der Waals surface area (Å²) in [5.74, 6) is 0.626. The van der Waals surface area contributed by atoms with Gasteiger partial charge in [-0.1, -0.05) is 146 Å². The van der Waals surface area contributed by atoms with Crippen molar-refractivity contribution in [3.8, 4) is 56.2 Å². The molecule has 0 aliphatic carbocycles. The summed E-state index contributed by atoms with van der Waals surface area (Å²) in [6.07, 6.45) is 0. The average Bonchev–Trinajstić information content (AvgIpc) is 3.82. The van der Waals surface area contributed by atoms with Crippen LogP contribution in [-0.2, 0) is 0 Å². The Morgan fingerprint density at radius 2 is 0.870 bits per heavy atom. The van der Waals surface area contributed by atoms with Gasteiger partial charge < -0.3 is 8.83 Å². The van der Waals surface area contributed by atoms with E-state index in [1.165, 1.54) is 5.56 Å². The predicted octanol–water partition coefficient (Wildman–Crippen LogP) is 13.8. The Morgan fingerprint density at radius 3 is 1.48 bits per heavy atom. The van der Waals surface area contributed by atoms with Crippen molar-refractivity contribution in [3.05, 3.63) is 182 Å². The first-order valence-corrected chi connectivity index (χ1v) is 18.2. The second kappa shape index (κ2) is 12.1. The lowest BCUT2D eigenvalue weighted by Gasteiger charge is -2.16. The zero-order valence-electron chi connectivity index (χ0n) is 29.0. The molecule has 4 nitrogen and oxygen atoms in total. The Labute approximate surface area is 310 Å². The Balaban J connectivity index is 1.23. The number of hydrogen-bond donors (Lipinski definition) is 0. The maximum atomic E-state index is 6.58. The summed E-state index contributed by atoms with van der Waals surface area (Å²) in [5, 5.41) is 6.43. The lowest BCUT2D eigenvalue weighted by molar-refractivity contribution is 0.669. The van der Waals surface area contributed by atoms with E-state index in [1.54, 1.807) is 0 Å². The fourth-order valence-electron chi connectivity index (χ4n) is 7.97. The van der Waals surface area contributed by atoms with Crippen molar-refractivity contribution < 1.29 is 8.83 Å². The molecule has 0 saturated carbocycles. The van der Waals surface area contributed by atoms with Crippen LogP contribution in [0.1, 0.15) is 0 Å². The number of nitrogens with zero attached hydrogens (tertiary/aromatic N) is 2. The van der Waals surface area contributed by atoms with Crippen molar-refractivity contribution in [2.75, 3.05) is 0 Å². The standard InChI is InChI=1S/C50H30N2O2/c1-3-13-31(14-4-1)33-25-27-36-34(29-33)26-28-35(32-15-5-2-6-16-32)47(36)50-51-43(41-21-11-19-39-37-17-7-9-23-45(37)53-48(39)41)30-44(52-50)42-22-12-20-40-38-18-8-10-24-46(38)54-49(40)42/h1-30H. The van der Waals surface area contributed by atoms with Crippen LogP contribution >= 0.6 is 0 Å². The van der Waals surface area contributed by atoms with E-state index in [2.05, 4.69) is 133 Å². The SMILES string of the molecule is c1ccc(-c2ccc3c(-c4nc(-c5cccc6c5oc5ccccc56)cc(-c5cccc6c5oc5ccccc56)n4)c(-c4ccccc4)ccc3c2)cc1.